The van der Waals surface area contributed by atoms with Gasteiger partial charge in [0, 0.05) is 24.0 Å². The van der Waals surface area contributed by atoms with Crippen LogP contribution in [0.2, 0.25) is 0 Å². The summed E-state index contributed by atoms with van der Waals surface area (Å²) in [6, 6.07) is 10.4. The van der Waals surface area contributed by atoms with Crippen molar-refractivity contribution in [2.75, 3.05) is 39.6 Å². The van der Waals surface area contributed by atoms with Gasteiger partial charge < -0.3 is 14.6 Å². The standard InChI is InChI=1S/C19H27F3N2O3S/c20-19(21,22)15(11-25)12-26-14-24-8-6-18(7-9-24)10-16(13-27-18)23-28-17-4-2-1-3-5-17/h1-5,15-16,23,25H,6-14H2/t15-,16-/m0/s1. The number of aliphatic hydroxyl groups is 1. The van der Waals surface area contributed by atoms with E-state index in [9.17, 15) is 13.2 Å². The van der Waals surface area contributed by atoms with Crippen molar-refractivity contribution >= 4 is 11.9 Å². The van der Waals surface area contributed by atoms with E-state index in [4.69, 9.17) is 14.6 Å². The molecule has 3 rings (SSSR count). The number of likely N-dealkylation sites (tertiary alicyclic amines) is 1. The summed E-state index contributed by atoms with van der Waals surface area (Å²) in [5.41, 5.74) is -0.148. The quantitative estimate of drug-likeness (QED) is 0.631. The molecule has 2 saturated heterocycles. The van der Waals surface area contributed by atoms with Crippen molar-refractivity contribution in [3.8, 4) is 0 Å². The van der Waals surface area contributed by atoms with Crippen LogP contribution in [-0.2, 0) is 9.47 Å². The Morgan fingerprint density at radius 2 is 2.00 bits per heavy atom. The zero-order valence-electron chi connectivity index (χ0n) is 15.7. The van der Waals surface area contributed by atoms with Crippen LogP contribution in [0.25, 0.3) is 0 Å². The molecule has 0 radical (unpaired) electrons. The molecule has 1 spiro atoms. The van der Waals surface area contributed by atoms with E-state index < -0.39 is 25.3 Å². The fourth-order valence-electron chi connectivity index (χ4n) is 3.57. The summed E-state index contributed by atoms with van der Waals surface area (Å²) in [6.07, 6.45) is -1.82. The molecule has 0 aromatic heterocycles. The van der Waals surface area contributed by atoms with Crippen LogP contribution in [0.1, 0.15) is 19.3 Å². The second kappa shape index (κ2) is 9.77. The fraction of sp³-hybridized carbons (Fsp3) is 0.684. The topological polar surface area (TPSA) is 54.0 Å². The largest absolute Gasteiger partial charge is 0.396 e. The van der Waals surface area contributed by atoms with Crippen LogP contribution in [0.3, 0.4) is 0 Å². The lowest BCUT2D eigenvalue weighted by Crippen LogP contribution is -2.45. The molecular weight excluding hydrogens is 393 g/mol. The zero-order valence-corrected chi connectivity index (χ0v) is 16.5. The van der Waals surface area contributed by atoms with Gasteiger partial charge in [0.1, 0.15) is 5.92 Å². The predicted octanol–water partition coefficient (Wildman–Crippen LogP) is 3.05. The van der Waals surface area contributed by atoms with Gasteiger partial charge in [-0.25, -0.2) is 0 Å². The molecule has 2 heterocycles. The third kappa shape index (κ3) is 6.08. The number of benzene rings is 1. The molecule has 0 aliphatic carbocycles. The molecule has 0 saturated carbocycles. The Labute approximate surface area is 167 Å². The van der Waals surface area contributed by atoms with Gasteiger partial charge >= 0.3 is 6.18 Å². The van der Waals surface area contributed by atoms with Gasteiger partial charge in [-0.05, 0) is 43.3 Å². The smallest absolute Gasteiger partial charge is 0.396 e. The number of nitrogens with one attached hydrogen (secondary N) is 1. The highest BCUT2D eigenvalue weighted by Gasteiger charge is 2.43. The number of aliphatic hydroxyl groups excluding tert-OH is 1. The minimum atomic E-state index is -4.43. The number of alkyl halides is 3. The van der Waals surface area contributed by atoms with Gasteiger partial charge in [-0.3, -0.25) is 9.62 Å². The molecular formula is C19H27F3N2O3S. The van der Waals surface area contributed by atoms with Gasteiger partial charge in [0.25, 0.3) is 0 Å². The van der Waals surface area contributed by atoms with Gasteiger partial charge in [0.2, 0.25) is 0 Å². The molecule has 0 unspecified atom stereocenters. The highest BCUT2D eigenvalue weighted by Crippen LogP contribution is 2.37. The van der Waals surface area contributed by atoms with Gasteiger partial charge in [-0.15, -0.1) is 0 Å². The maximum absolute atomic E-state index is 12.6. The molecule has 2 aliphatic heterocycles. The molecule has 0 bridgehead atoms. The van der Waals surface area contributed by atoms with E-state index >= 15 is 0 Å². The summed E-state index contributed by atoms with van der Waals surface area (Å²) in [7, 11) is 0. The fourth-order valence-corrected chi connectivity index (χ4v) is 4.32. The van der Waals surface area contributed by atoms with E-state index in [1.165, 1.54) is 0 Å². The van der Waals surface area contributed by atoms with Crippen molar-refractivity contribution in [2.24, 2.45) is 5.92 Å². The van der Waals surface area contributed by atoms with Crippen molar-refractivity contribution in [1.82, 2.24) is 9.62 Å². The zero-order chi connectivity index (χ0) is 20.0. The first-order chi connectivity index (χ1) is 13.4. The van der Waals surface area contributed by atoms with Crippen molar-refractivity contribution in [3.63, 3.8) is 0 Å². The van der Waals surface area contributed by atoms with Crippen LogP contribution < -0.4 is 4.72 Å². The van der Waals surface area contributed by atoms with Crippen LogP contribution in [0, 0.1) is 5.92 Å². The lowest BCUT2D eigenvalue weighted by Gasteiger charge is -2.38. The molecule has 2 N–H and O–H groups in total. The Kier molecular flexibility index (Phi) is 7.63. The Morgan fingerprint density at radius 1 is 1.29 bits per heavy atom. The number of hydrogen-bond acceptors (Lipinski definition) is 6. The monoisotopic (exact) mass is 420 g/mol. The van der Waals surface area contributed by atoms with E-state index in [1.54, 1.807) is 11.9 Å². The summed E-state index contributed by atoms with van der Waals surface area (Å²) in [5.74, 6) is -1.82. The summed E-state index contributed by atoms with van der Waals surface area (Å²) in [5, 5.41) is 8.84. The normalized spacial score (nSPS) is 23.9. The van der Waals surface area contributed by atoms with Crippen molar-refractivity contribution in [1.29, 1.82) is 0 Å². The van der Waals surface area contributed by atoms with Gasteiger partial charge in [-0.2, -0.15) is 13.2 Å². The molecule has 0 amide bonds. The molecule has 5 nitrogen and oxygen atoms in total. The van der Waals surface area contributed by atoms with Crippen molar-refractivity contribution in [3.05, 3.63) is 30.3 Å². The lowest BCUT2D eigenvalue weighted by atomic mass is 9.88. The summed E-state index contributed by atoms with van der Waals surface area (Å²) in [6.45, 7) is 0.813. The first-order valence-electron chi connectivity index (χ1n) is 9.49. The van der Waals surface area contributed by atoms with Crippen LogP contribution in [0.5, 0.6) is 0 Å². The van der Waals surface area contributed by atoms with E-state index in [1.807, 2.05) is 23.1 Å². The van der Waals surface area contributed by atoms with Gasteiger partial charge in [0.15, 0.2) is 0 Å². The average molecular weight is 420 g/mol. The third-order valence-corrected chi connectivity index (χ3v) is 6.30. The van der Waals surface area contributed by atoms with Crippen LogP contribution in [0.4, 0.5) is 13.2 Å². The predicted molar refractivity (Wildman–Crippen MR) is 101 cm³/mol. The maximum Gasteiger partial charge on any atom is 0.396 e. The SMILES string of the molecule is OC[C@@H](COCN1CCC2(CC1)C[C@H](NSc1ccccc1)CO2)C(F)(F)F. The van der Waals surface area contributed by atoms with Crippen LogP contribution in [0.15, 0.2) is 35.2 Å². The first kappa shape index (κ1) is 21.9. The number of nitrogens with zero attached hydrogens (tertiary/aromatic N) is 1. The highest BCUT2D eigenvalue weighted by atomic mass is 32.2. The lowest BCUT2D eigenvalue weighted by molar-refractivity contribution is -0.201. The van der Waals surface area contributed by atoms with Crippen LogP contribution in [-0.4, -0.2) is 67.5 Å². The van der Waals surface area contributed by atoms with E-state index in [2.05, 4.69) is 16.9 Å². The second-order valence-corrected chi connectivity index (χ2v) is 8.38. The van der Waals surface area contributed by atoms with E-state index in [-0.39, 0.29) is 18.4 Å². The minimum absolute atomic E-state index is 0.147. The minimum Gasteiger partial charge on any atom is -0.396 e. The number of piperidine rings is 1. The molecule has 28 heavy (non-hydrogen) atoms. The molecule has 2 atom stereocenters. The molecule has 9 heteroatoms. The average Bonchev–Trinajstić information content (AvgIpc) is 3.08. The first-order valence-corrected chi connectivity index (χ1v) is 10.3. The molecule has 2 aliphatic rings. The number of halogens is 3. The van der Waals surface area contributed by atoms with Crippen LogP contribution >= 0.6 is 11.9 Å². The van der Waals surface area contributed by atoms with Gasteiger partial charge in [0.05, 0.1) is 32.2 Å². The Hall–Kier alpha value is -0.840. The maximum atomic E-state index is 12.6. The number of ether oxygens (including phenoxy) is 2. The molecule has 2 fully saturated rings. The molecule has 158 valence electrons. The summed E-state index contributed by atoms with van der Waals surface area (Å²) < 4.78 is 52.6. The Morgan fingerprint density at radius 3 is 2.64 bits per heavy atom. The van der Waals surface area contributed by atoms with Crippen molar-refractivity contribution in [2.45, 2.75) is 42.0 Å². The number of rotatable bonds is 8. The van der Waals surface area contributed by atoms with E-state index in [0.29, 0.717) is 6.61 Å². The molecule has 1 aromatic carbocycles. The third-order valence-electron chi connectivity index (χ3n) is 5.34. The summed E-state index contributed by atoms with van der Waals surface area (Å²) in [4.78, 5) is 3.16. The molecule has 1 aromatic rings. The second-order valence-electron chi connectivity index (χ2n) is 7.47. The summed E-state index contributed by atoms with van der Waals surface area (Å²) >= 11 is 1.61. The van der Waals surface area contributed by atoms with Crippen molar-refractivity contribution < 1.29 is 27.8 Å². The van der Waals surface area contributed by atoms with Gasteiger partial charge in [-0.1, -0.05) is 18.2 Å². The number of hydrogen-bond donors (Lipinski definition) is 2. The highest BCUT2D eigenvalue weighted by molar-refractivity contribution is 7.97. The Bertz CT molecular complexity index is 598. The Balaban J connectivity index is 1.36. The van der Waals surface area contributed by atoms with E-state index in [0.717, 1.165) is 37.2 Å².